The average Bonchev–Trinajstić information content (AvgIpc) is 3.26. The molecule has 1 saturated heterocycles. The van der Waals surface area contributed by atoms with Crippen LogP contribution in [0.2, 0.25) is 0 Å². The maximum atomic E-state index is 13.0. The van der Waals surface area contributed by atoms with E-state index in [9.17, 15) is 13.2 Å². The third-order valence-corrected chi connectivity index (χ3v) is 9.77. The maximum absolute atomic E-state index is 13.0. The van der Waals surface area contributed by atoms with Crippen molar-refractivity contribution in [2.24, 2.45) is 0 Å². The van der Waals surface area contributed by atoms with Crippen LogP contribution in [0.1, 0.15) is 52.7 Å². The van der Waals surface area contributed by atoms with E-state index in [1.165, 1.54) is 33.9 Å². The molecule has 2 aliphatic rings. The summed E-state index contributed by atoms with van der Waals surface area (Å²) in [6.07, 6.45) is 3.67. The zero-order valence-corrected chi connectivity index (χ0v) is 21.4. The fourth-order valence-electron chi connectivity index (χ4n) is 4.79. The highest BCUT2D eigenvalue weighted by Crippen LogP contribution is 2.30. The number of thiazole rings is 1. The van der Waals surface area contributed by atoms with E-state index < -0.39 is 10.0 Å². The molecule has 3 heterocycles. The molecule has 3 aromatic rings. The summed E-state index contributed by atoms with van der Waals surface area (Å²) in [5.41, 5.74) is 2.75. The number of sulfonamides is 1. The second kappa shape index (κ2) is 10.2. The molecule has 9 heteroatoms. The number of carbonyl (C=O) groups is 1. The first-order valence-corrected chi connectivity index (χ1v) is 14.3. The van der Waals surface area contributed by atoms with E-state index in [0.29, 0.717) is 17.2 Å². The van der Waals surface area contributed by atoms with Crippen molar-refractivity contribution in [3.05, 3.63) is 76.3 Å². The summed E-state index contributed by atoms with van der Waals surface area (Å²) < 4.78 is 27.7. The number of hydrogen-bond donors (Lipinski definition) is 1. The van der Waals surface area contributed by atoms with Gasteiger partial charge in [-0.3, -0.25) is 15.0 Å². The van der Waals surface area contributed by atoms with Crippen molar-refractivity contribution in [2.45, 2.75) is 56.6 Å². The number of anilines is 1. The Hall–Kier alpha value is -2.59. The van der Waals surface area contributed by atoms with Gasteiger partial charge in [0.2, 0.25) is 10.0 Å². The second-order valence-electron chi connectivity index (χ2n) is 9.27. The van der Waals surface area contributed by atoms with Gasteiger partial charge in [-0.1, -0.05) is 36.8 Å². The molecule has 0 spiro atoms. The van der Waals surface area contributed by atoms with Gasteiger partial charge < -0.3 is 0 Å². The summed E-state index contributed by atoms with van der Waals surface area (Å²) in [5.74, 6) is -0.285. The van der Waals surface area contributed by atoms with Gasteiger partial charge in [0, 0.05) is 49.1 Å². The first-order chi connectivity index (χ1) is 16.9. The molecule has 184 valence electrons. The van der Waals surface area contributed by atoms with E-state index in [1.54, 1.807) is 16.4 Å². The minimum atomic E-state index is -3.56. The Balaban J connectivity index is 1.23. The van der Waals surface area contributed by atoms with E-state index in [2.05, 4.69) is 39.5 Å². The van der Waals surface area contributed by atoms with Crippen LogP contribution < -0.4 is 5.32 Å². The first-order valence-electron chi connectivity index (χ1n) is 12.1. The molecule has 0 saturated carbocycles. The third kappa shape index (κ3) is 5.33. The third-order valence-electron chi connectivity index (χ3n) is 6.74. The Kier molecular flexibility index (Phi) is 7.02. The van der Waals surface area contributed by atoms with E-state index >= 15 is 0 Å². The number of piperidine rings is 1. The van der Waals surface area contributed by atoms with Gasteiger partial charge in [-0.15, -0.1) is 11.3 Å². The predicted octanol–water partition coefficient (Wildman–Crippen LogP) is 4.52. The van der Waals surface area contributed by atoms with E-state index in [-0.39, 0.29) is 16.8 Å². The maximum Gasteiger partial charge on any atom is 0.257 e. The summed E-state index contributed by atoms with van der Waals surface area (Å²) in [6.45, 7) is 5.14. The van der Waals surface area contributed by atoms with Crippen molar-refractivity contribution < 1.29 is 13.2 Å². The monoisotopic (exact) mass is 510 g/mol. The number of carbonyl (C=O) groups excluding carboxylic acids is 1. The van der Waals surface area contributed by atoms with Crippen LogP contribution in [0.5, 0.6) is 0 Å². The molecule has 1 fully saturated rings. The average molecular weight is 511 g/mol. The van der Waals surface area contributed by atoms with Gasteiger partial charge in [-0.05, 0) is 49.6 Å². The van der Waals surface area contributed by atoms with Crippen LogP contribution in [-0.2, 0) is 29.5 Å². The molecular formula is C26H30N4O3S2. The molecular weight excluding hydrogens is 480 g/mol. The number of nitrogens with one attached hydrogen (secondary N) is 1. The van der Waals surface area contributed by atoms with Crippen molar-refractivity contribution in [3.8, 4) is 0 Å². The molecule has 7 nitrogen and oxygen atoms in total. The van der Waals surface area contributed by atoms with Gasteiger partial charge >= 0.3 is 0 Å². The molecule has 1 atom stereocenters. The highest BCUT2D eigenvalue weighted by Gasteiger charge is 2.31. The summed E-state index contributed by atoms with van der Waals surface area (Å²) in [4.78, 5) is 21.3. The smallest absolute Gasteiger partial charge is 0.257 e. The molecule has 0 unspecified atom stereocenters. The lowest BCUT2D eigenvalue weighted by atomic mass is 10.1. The zero-order valence-electron chi connectivity index (χ0n) is 19.8. The number of hydrogen-bond acceptors (Lipinski definition) is 6. The normalized spacial score (nSPS) is 19.3. The van der Waals surface area contributed by atoms with Crippen LogP contribution in [0.25, 0.3) is 0 Å². The number of amides is 1. The fourth-order valence-corrected chi connectivity index (χ4v) is 7.54. The molecule has 0 radical (unpaired) electrons. The Morgan fingerprint density at radius 1 is 1.09 bits per heavy atom. The fraction of sp³-hybridized carbons (Fsp3) is 0.385. The van der Waals surface area contributed by atoms with Crippen LogP contribution >= 0.6 is 11.3 Å². The van der Waals surface area contributed by atoms with Gasteiger partial charge in [-0.2, -0.15) is 4.31 Å². The summed E-state index contributed by atoms with van der Waals surface area (Å²) >= 11 is 1.51. The Bertz CT molecular complexity index is 1290. The van der Waals surface area contributed by atoms with E-state index in [4.69, 9.17) is 0 Å². The summed E-state index contributed by atoms with van der Waals surface area (Å²) in [5, 5.41) is 3.48. The Morgan fingerprint density at radius 2 is 1.86 bits per heavy atom. The number of rotatable bonds is 6. The molecule has 1 N–H and O–H groups in total. The van der Waals surface area contributed by atoms with Crippen molar-refractivity contribution in [2.75, 3.05) is 18.4 Å². The van der Waals surface area contributed by atoms with Gasteiger partial charge in [0.05, 0.1) is 10.6 Å². The van der Waals surface area contributed by atoms with Crippen LogP contribution in [0.15, 0.2) is 59.5 Å². The second-order valence-corrected chi connectivity index (χ2v) is 12.2. The molecule has 5 rings (SSSR count). The van der Waals surface area contributed by atoms with Crippen molar-refractivity contribution in [1.29, 1.82) is 0 Å². The zero-order chi connectivity index (χ0) is 24.4. The number of fused-ring (bicyclic) bond motifs is 1. The van der Waals surface area contributed by atoms with Crippen LogP contribution in [0.4, 0.5) is 5.13 Å². The molecule has 2 aromatic carbocycles. The molecule has 0 bridgehead atoms. The molecule has 1 amide bonds. The van der Waals surface area contributed by atoms with Crippen LogP contribution in [-0.4, -0.2) is 47.6 Å². The lowest BCUT2D eigenvalue weighted by Crippen LogP contribution is -2.41. The number of nitrogens with zero attached hydrogens (tertiary/aromatic N) is 3. The molecule has 2 aliphatic heterocycles. The minimum absolute atomic E-state index is 0.00345. The molecule has 0 aliphatic carbocycles. The van der Waals surface area contributed by atoms with Crippen molar-refractivity contribution in [1.82, 2.24) is 14.2 Å². The highest BCUT2D eigenvalue weighted by molar-refractivity contribution is 7.89. The lowest BCUT2D eigenvalue weighted by Gasteiger charge is -2.32. The van der Waals surface area contributed by atoms with Gasteiger partial charge in [0.15, 0.2) is 5.13 Å². The minimum Gasteiger partial charge on any atom is -0.298 e. The summed E-state index contributed by atoms with van der Waals surface area (Å²) in [7, 11) is -3.56. The Labute approximate surface area is 210 Å². The topological polar surface area (TPSA) is 82.6 Å². The quantitative estimate of drug-likeness (QED) is 0.527. The standard InChI is InChI=1S/C26H30N4O3S2/c1-19-7-5-6-15-30(19)35(32,33)22-12-10-21(11-13-22)25(31)28-26-27-23-14-16-29(18-24(23)34-26)17-20-8-3-2-4-9-20/h2-4,8-13,19H,5-7,14-18H2,1H3,(H,27,28,31)/t19-/m0/s1. The largest absolute Gasteiger partial charge is 0.298 e. The summed E-state index contributed by atoms with van der Waals surface area (Å²) in [6, 6.07) is 16.6. The van der Waals surface area contributed by atoms with Gasteiger partial charge in [-0.25, -0.2) is 13.4 Å². The SMILES string of the molecule is C[C@H]1CCCCN1S(=O)(=O)c1ccc(C(=O)Nc2nc3c(s2)CN(Cc2ccccc2)CC3)cc1. The van der Waals surface area contributed by atoms with Crippen LogP contribution in [0.3, 0.4) is 0 Å². The molecule has 1 aromatic heterocycles. The van der Waals surface area contributed by atoms with Crippen LogP contribution in [0, 0.1) is 0 Å². The van der Waals surface area contributed by atoms with E-state index in [0.717, 1.165) is 51.0 Å². The van der Waals surface area contributed by atoms with E-state index in [1.807, 2.05) is 13.0 Å². The predicted molar refractivity (Wildman–Crippen MR) is 138 cm³/mol. The van der Waals surface area contributed by atoms with Crippen molar-refractivity contribution >= 4 is 32.4 Å². The highest BCUT2D eigenvalue weighted by atomic mass is 32.2. The van der Waals surface area contributed by atoms with Gasteiger partial charge in [0.25, 0.3) is 5.91 Å². The van der Waals surface area contributed by atoms with Gasteiger partial charge in [0.1, 0.15) is 0 Å². The number of aromatic nitrogens is 1. The Morgan fingerprint density at radius 3 is 2.60 bits per heavy atom. The van der Waals surface area contributed by atoms with Crippen molar-refractivity contribution in [3.63, 3.8) is 0 Å². The number of benzene rings is 2. The molecule has 35 heavy (non-hydrogen) atoms. The lowest BCUT2D eigenvalue weighted by molar-refractivity contribution is 0.102. The first kappa shape index (κ1) is 24.1.